The SMILES string of the molecule is CC(=O)[C@@]1(N)CCc2c(O)c3c(c(O)c2C1)C(=O)c1ccccc1C3=O.CO[C@@H]1COC(O)C[C@@H]1NC(=O)C(F)(F)F. The van der Waals surface area contributed by atoms with Crippen molar-refractivity contribution < 1.29 is 57.1 Å². The Labute approximate surface area is 237 Å². The summed E-state index contributed by atoms with van der Waals surface area (Å²) in [5.41, 5.74) is 5.65. The number of Topliss-reactive ketones (excluding diaryl/α,β-unsaturated/α-hetero) is 1. The van der Waals surface area contributed by atoms with Crippen molar-refractivity contribution in [2.24, 2.45) is 5.73 Å². The molecule has 42 heavy (non-hydrogen) atoms. The Bertz CT molecular complexity index is 1460. The van der Waals surface area contributed by atoms with E-state index in [0.717, 1.165) is 0 Å². The highest BCUT2D eigenvalue weighted by Crippen LogP contribution is 2.46. The third-order valence-electron chi connectivity index (χ3n) is 7.78. The maximum atomic E-state index is 12.9. The fourth-order valence-corrected chi connectivity index (χ4v) is 5.32. The van der Waals surface area contributed by atoms with Crippen molar-refractivity contribution in [2.75, 3.05) is 13.7 Å². The van der Waals surface area contributed by atoms with Crippen LogP contribution in [0.25, 0.3) is 0 Å². The standard InChI is InChI=1S/C20H17NO5.C8H12F3NO4/c1-9(22)20(21)7-6-12-13(8-20)19(26)15-14(18(12)25)16(23)10-4-2-3-5-11(10)17(15)24;1-15-5-3-16-6(13)2-4(5)12-7(14)8(9,10)11/h2-5,25-26H,6-8,21H2,1H3;4-6,13H,2-3H2,1H3,(H,12,14)/t20-;4-,5+,6?/m10/s1. The summed E-state index contributed by atoms with van der Waals surface area (Å²) in [7, 11) is 1.29. The highest BCUT2D eigenvalue weighted by molar-refractivity contribution is 6.30. The maximum absolute atomic E-state index is 12.9. The van der Waals surface area contributed by atoms with Crippen LogP contribution in [0.15, 0.2) is 24.3 Å². The van der Waals surface area contributed by atoms with E-state index >= 15 is 0 Å². The number of fused-ring (bicyclic) bond motifs is 3. The predicted octanol–water partition coefficient (Wildman–Crippen LogP) is 1.44. The van der Waals surface area contributed by atoms with E-state index in [9.17, 15) is 42.6 Å². The summed E-state index contributed by atoms with van der Waals surface area (Å²) in [4.78, 5) is 48.3. The van der Waals surface area contributed by atoms with Gasteiger partial charge in [0.05, 0.1) is 29.3 Å². The minimum absolute atomic E-state index is 0.00740. The summed E-state index contributed by atoms with van der Waals surface area (Å²) in [6.45, 7) is 1.31. The zero-order valence-electron chi connectivity index (χ0n) is 22.6. The van der Waals surface area contributed by atoms with E-state index in [1.54, 1.807) is 17.4 Å². The van der Waals surface area contributed by atoms with Crippen LogP contribution < -0.4 is 11.1 Å². The molecule has 2 aromatic carbocycles. The van der Waals surface area contributed by atoms with E-state index in [4.69, 9.17) is 20.3 Å². The number of phenols is 2. The lowest BCUT2D eigenvalue weighted by atomic mass is 9.72. The number of aliphatic hydroxyl groups is 1. The second-order valence-electron chi connectivity index (χ2n) is 10.4. The average molecular weight is 595 g/mol. The van der Waals surface area contributed by atoms with Crippen molar-refractivity contribution in [2.45, 2.75) is 62.8 Å². The number of methoxy groups -OCH3 is 1. The number of aromatic hydroxyl groups is 2. The number of nitrogens with two attached hydrogens (primary N) is 1. The van der Waals surface area contributed by atoms with Gasteiger partial charge < -0.3 is 35.8 Å². The van der Waals surface area contributed by atoms with E-state index in [0.29, 0.717) is 12.0 Å². The van der Waals surface area contributed by atoms with Gasteiger partial charge >= 0.3 is 12.1 Å². The first kappa shape index (κ1) is 31.1. The minimum atomic E-state index is -4.94. The molecule has 1 heterocycles. The quantitative estimate of drug-likeness (QED) is 0.278. The highest BCUT2D eigenvalue weighted by Gasteiger charge is 2.44. The van der Waals surface area contributed by atoms with Crippen LogP contribution >= 0.6 is 0 Å². The normalized spacial score (nSPS) is 24.9. The van der Waals surface area contributed by atoms with Crippen molar-refractivity contribution in [3.63, 3.8) is 0 Å². The Kier molecular flexibility index (Phi) is 8.47. The summed E-state index contributed by atoms with van der Waals surface area (Å²) < 4.78 is 45.6. The fourth-order valence-electron chi connectivity index (χ4n) is 5.32. The monoisotopic (exact) mass is 594 g/mol. The van der Waals surface area contributed by atoms with Crippen molar-refractivity contribution >= 4 is 23.3 Å². The first-order valence-electron chi connectivity index (χ1n) is 12.9. The molecule has 5 rings (SSSR count). The first-order chi connectivity index (χ1) is 19.6. The van der Waals surface area contributed by atoms with Crippen LogP contribution in [0.3, 0.4) is 0 Å². The molecule has 4 atom stereocenters. The van der Waals surface area contributed by atoms with Gasteiger partial charge in [0, 0.05) is 42.2 Å². The molecule has 2 aliphatic carbocycles. The number of amides is 1. The number of hydrogen-bond acceptors (Lipinski definition) is 10. The Morgan fingerprint density at radius 2 is 1.62 bits per heavy atom. The van der Waals surface area contributed by atoms with E-state index in [-0.39, 0.29) is 71.0 Å². The van der Waals surface area contributed by atoms with E-state index in [1.165, 1.54) is 26.2 Å². The summed E-state index contributed by atoms with van der Waals surface area (Å²) >= 11 is 0. The molecular weight excluding hydrogens is 565 g/mol. The molecule has 3 aliphatic rings. The Morgan fingerprint density at radius 1 is 1.07 bits per heavy atom. The predicted molar refractivity (Wildman–Crippen MR) is 138 cm³/mol. The van der Waals surface area contributed by atoms with Crippen molar-refractivity contribution in [1.29, 1.82) is 0 Å². The molecule has 14 heteroatoms. The van der Waals surface area contributed by atoms with Gasteiger partial charge in [-0.05, 0) is 19.8 Å². The van der Waals surface area contributed by atoms with Gasteiger partial charge in [0.2, 0.25) is 0 Å². The van der Waals surface area contributed by atoms with Crippen molar-refractivity contribution in [3.05, 3.63) is 57.6 Å². The summed E-state index contributed by atoms with van der Waals surface area (Å²) in [6.07, 6.45) is -6.43. The highest BCUT2D eigenvalue weighted by atomic mass is 19.4. The summed E-state index contributed by atoms with van der Waals surface area (Å²) in [5.74, 6) is -3.97. The van der Waals surface area contributed by atoms with Crippen LogP contribution in [0.4, 0.5) is 13.2 Å². The lowest BCUT2D eigenvalue weighted by Gasteiger charge is -2.34. The molecule has 0 spiro atoms. The second-order valence-corrected chi connectivity index (χ2v) is 10.4. The van der Waals surface area contributed by atoms with Crippen LogP contribution in [-0.2, 0) is 31.9 Å². The fraction of sp³-hybridized carbons (Fsp3) is 0.429. The van der Waals surface area contributed by atoms with Gasteiger partial charge in [-0.2, -0.15) is 13.2 Å². The number of hydrogen-bond donors (Lipinski definition) is 5. The Hall–Kier alpha value is -3.85. The molecule has 11 nitrogen and oxygen atoms in total. The number of carbonyl (C=O) groups excluding carboxylic acids is 4. The van der Waals surface area contributed by atoms with Crippen molar-refractivity contribution in [3.8, 4) is 11.5 Å². The van der Waals surface area contributed by atoms with Gasteiger partial charge in [0.1, 0.15) is 23.4 Å². The van der Waals surface area contributed by atoms with E-state index in [1.807, 2.05) is 0 Å². The molecule has 0 saturated carbocycles. The molecule has 1 saturated heterocycles. The van der Waals surface area contributed by atoms with Gasteiger partial charge in [-0.1, -0.05) is 24.3 Å². The van der Waals surface area contributed by atoms with Crippen molar-refractivity contribution in [1.82, 2.24) is 5.32 Å². The molecule has 0 aromatic heterocycles. The molecule has 2 aromatic rings. The number of ketones is 3. The average Bonchev–Trinajstić information content (AvgIpc) is 2.93. The summed E-state index contributed by atoms with van der Waals surface area (Å²) in [6, 6.07) is 5.39. The van der Waals surface area contributed by atoms with Gasteiger partial charge in [-0.3, -0.25) is 19.2 Å². The molecule has 1 unspecified atom stereocenters. The molecule has 1 aliphatic heterocycles. The topological polar surface area (TPSA) is 185 Å². The van der Waals surface area contributed by atoms with Crippen LogP contribution in [0.2, 0.25) is 0 Å². The number of halogens is 3. The third kappa shape index (κ3) is 5.62. The molecule has 1 fully saturated rings. The van der Waals surface area contributed by atoms with Gasteiger partial charge in [0.25, 0.3) is 0 Å². The molecule has 226 valence electrons. The van der Waals surface area contributed by atoms with Crippen LogP contribution in [-0.4, -0.2) is 82.4 Å². The number of carbonyl (C=O) groups is 4. The van der Waals surface area contributed by atoms with Gasteiger partial charge in [-0.15, -0.1) is 0 Å². The number of ether oxygens (including phenoxy) is 2. The number of rotatable bonds is 3. The summed E-state index contributed by atoms with van der Waals surface area (Å²) in [5, 5.41) is 32.4. The zero-order valence-corrected chi connectivity index (χ0v) is 22.6. The van der Waals surface area contributed by atoms with Gasteiger partial charge in [0.15, 0.2) is 17.9 Å². The minimum Gasteiger partial charge on any atom is -0.507 e. The smallest absolute Gasteiger partial charge is 0.471 e. The Balaban J connectivity index is 0.000000219. The van der Waals surface area contributed by atoms with Crippen LogP contribution in [0.5, 0.6) is 11.5 Å². The first-order valence-corrected chi connectivity index (χ1v) is 12.9. The number of benzene rings is 2. The number of phenolic OH excluding ortho intramolecular Hbond substituents is 2. The molecular formula is C28H29F3N2O9. The molecule has 1 amide bonds. The lowest BCUT2D eigenvalue weighted by Crippen LogP contribution is -2.54. The third-order valence-corrected chi connectivity index (χ3v) is 7.78. The van der Waals surface area contributed by atoms with E-state index < -0.39 is 47.6 Å². The second kappa shape index (κ2) is 11.4. The molecule has 0 bridgehead atoms. The number of aliphatic hydroxyl groups excluding tert-OH is 1. The van der Waals surface area contributed by atoms with Crippen LogP contribution in [0, 0.1) is 0 Å². The Morgan fingerprint density at radius 3 is 2.12 bits per heavy atom. The number of alkyl halides is 3. The lowest BCUT2D eigenvalue weighted by molar-refractivity contribution is -0.188. The largest absolute Gasteiger partial charge is 0.507 e. The molecule has 6 N–H and O–H groups in total. The van der Waals surface area contributed by atoms with E-state index in [2.05, 4.69) is 0 Å². The van der Waals surface area contributed by atoms with Gasteiger partial charge in [-0.25, -0.2) is 0 Å². The maximum Gasteiger partial charge on any atom is 0.471 e. The number of nitrogens with one attached hydrogen (secondary N) is 1. The molecule has 0 radical (unpaired) electrons. The zero-order chi connectivity index (χ0) is 31.1. The van der Waals surface area contributed by atoms with Crippen LogP contribution in [0.1, 0.15) is 62.7 Å².